The van der Waals surface area contributed by atoms with Gasteiger partial charge in [0.2, 0.25) is 0 Å². The van der Waals surface area contributed by atoms with Gasteiger partial charge in [-0.3, -0.25) is 0 Å². The van der Waals surface area contributed by atoms with Crippen molar-refractivity contribution >= 4 is 40.9 Å². The quantitative estimate of drug-likeness (QED) is 0.784. The van der Waals surface area contributed by atoms with Gasteiger partial charge < -0.3 is 15.7 Å². The van der Waals surface area contributed by atoms with Gasteiger partial charge in [-0.25, -0.2) is 9.59 Å². The summed E-state index contributed by atoms with van der Waals surface area (Å²) in [5.74, 6) is -0.658. The van der Waals surface area contributed by atoms with Gasteiger partial charge in [-0.15, -0.1) is 0 Å². The van der Waals surface area contributed by atoms with Crippen LogP contribution >= 0.6 is 23.2 Å². The predicted octanol–water partition coefficient (Wildman–Crippen LogP) is 3.86. The Labute approximate surface area is 132 Å². The molecule has 0 heterocycles. The first-order valence-corrected chi connectivity index (χ1v) is 7.23. The molecule has 1 fully saturated rings. The van der Waals surface area contributed by atoms with Crippen LogP contribution in [0.2, 0.25) is 10.0 Å². The van der Waals surface area contributed by atoms with Crippen molar-refractivity contribution in [3.63, 3.8) is 0 Å². The van der Waals surface area contributed by atoms with Crippen LogP contribution in [0.4, 0.5) is 10.5 Å². The molecule has 0 bridgehead atoms. The number of carbonyl (C=O) groups is 2. The summed E-state index contributed by atoms with van der Waals surface area (Å²) in [5, 5.41) is 14.4. The van der Waals surface area contributed by atoms with Gasteiger partial charge >= 0.3 is 12.0 Å². The van der Waals surface area contributed by atoms with Crippen molar-refractivity contribution in [1.82, 2.24) is 5.32 Å². The van der Waals surface area contributed by atoms with E-state index in [-0.39, 0.29) is 26.7 Å². The molecule has 1 aliphatic carbocycles. The van der Waals surface area contributed by atoms with Crippen LogP contribution in [0.25, 0.3) is 0 Å². The molecule has 0 spiro atoms. The highest BCUT2D eigenvalue weighted by molar-refractivity contribution is 6.40. The number of carbonyl (C=O) groups excluding carboxylic acids is 1. The van der Waals surface area contributed by atoms with E-state index in [2.05, 4.69) is 24.5 Å². The van der Waals surface area contributed by atoms with E-state index in [4.69, 9.17) is 28.3 Å². The summed E-state index contributed by atoms with van der Waals surface area (Å²) >= 11 is 11.9. The Hall–Kier alpha value is -1.46. The van der Waals surface area contributed by atoms with Gasteiger partial charge in [-0.1, -0.05) is 37.0 Å². The molecule has 5 nitrogen and oxygen atoms in total. The number of hydrogen-bond donors (Lipinski definition) is 3. The number of aromatic carboxylic acids is 1. The topological polar surface area (TPSA) is 78.4 Å². The highest BCUT2D eigenvalue weighted by Gasteiger charge is 2.45. The number of urea groups is 1. The molecule has 3 N–H and O–H groups in total. The smallest absolute Gasteiger partial charge is 0.335 e. The fraction of sp³-hybridized carbons (Fsp3) is 0.429. The Morgan fingerprint density at radius 3 is 2.29 bits per heavy atom. The van der Waals surface area contributed by atoms with Crippen molar-refractivity contribution in [3.05, 3.63) is 27.7 Å². The number of rotatable bonds is 4. The van der Waals surface area contributed by atoms with Crippen molar-refractivity contribution in [2.45, 2.75) is 20.3 Å². The minimum absolute atomic E-state index is 0.0318. The van der Waals surface area contributed by atoms with Crippen LogP contribution < -0.4 is 10.6 Å². The van der Waals surface area contributed by atoms with E-state index in [1.165, 1.54) is 12.1 Å². The molecule has 1 atom stereocenters. The van der Waals surface area contributed by atoms with E-state index >= 15 is 0 Å². The Bertz CT molecular complexity index is 579. The zero-order valence-electron chi connectivity index (χ0n) is 11.7. The summed E-state index contributed by atoms with van der Waals surface area (Å²) in [7, 11) is 0. The van der Waals surface area contributed by atoms with E-state index < -0.39 is 12.0 Å². The molecule has 1 unspecified atom stereocenters. The van der Waals surface area contributed by atoms with Crippen LogP contribution in [0.15, 0.2) is 12.1 Å². The molecular weight excluding hydrogens is 315 g/mol. The van der Waals surface area contributed by atoms with Crippen molar-refractivity contribution in [2.75, 3.05) is 11.9 Å². The maximum Gasteiger partial charge on any atom is 0.335 e. The number of carboxylic acid groups (broad SMARTS) is 1. The minimum atomic E-state index is -1.13. The van der Waals surface area contributed by atoms with Crippen LogP contribution in [0.5, 0.6) is 0 Å². The van der Waals surface area contributed by atoms with Crippen molar-refractivity contribution in [3.8, 4) is 0 Å². The largest absolute Gasteiger partial charge is 0.478 e. The number of nitrogens with one attached hydrogen (secondary N) is 2. The number of carboxylic acids is 1. The molecule has 21 heavy (non-hydrogen) atoms. The van der Waals surface area contributed by atoms with Crippen molar-refractivity contribution in [2.24, 2.45) is 11.3 Å². The number of amides is 2. The molecule has 1 aromatic rings. The molecule has 2 amide bonds. The van der Waals surface area contributed by atoms with Crippen molar-refractivity contribution in [1.29, 1.82) is 0 Å². The SMILES string of the molecule is CC1(C)CC1CNC(=O)Nc1c(Cl)cc(C(=O)O)cc1Cl. The Morgan fingerprint density at radius 2 is 1.86 bits per heavy atom. The fourth-order valence-corrected chi connectivity index (χ4v) is 2.70. The van der Waals surface area contributed by atoms with Gasteiger partial charge in [-0.2, -0.15) is 0 Å². The predicted molar refractivity (Wildman–Crippen MR) is 82.3 cm³/mol. The van der Waals surface area contributed by atoms with Gasteiger partial charge in [0.1, 0.15) is 0 Å². The molecule has 7 heteroatoms. The molecule has 0 aliphatic heterocycles. The first-order valence-electron chi connectivity index (χ1n) is 6.48. The van der Waals surface area contributed by atoms with Crippen molar-refractivity contribution < 1.29 is 14.7 Å². The van der Waals surface area contributed by atoms with E-state index in [9.17, 15) is 9.59 Å². The second kappa shape index (κ2) is 5.73. The zero-order valence-corrected chi connectivity index (χ0v) is 13.2. The van der Waals surface area contributed by atoms with E-state index in [1.807, 2.05) is 0 Å². The maximum atomic E-state index is 11.8. The summed E-state index contributed by atoms with van der Waals surface area (Å²) in [6.07, 6.45) is 1.09. The molecule has 114 valence electrons. The van der Waals surface area contributed by atoms with Crippen LogP contribution in [0.1, 0.15) is 30.6 Å². The first kappa shape index (κ1) is 15.9. The Kier molecular flexibility index (Phi) is 4.35. The Balaban J connectivity index is 1.99. The number of benzene rings is 1. The van der Waals surface area contributed by atoms with E-state index in [1.54, 1.807) is 0 Å². The number of hydrogen-bond acceptors (Lipinski definition) is 2. The molecule has 1 aliphatic rings. The summed E-state index contributed by atoms with van der Waals surface area (Å²) in [6, 6.07) is 2.08. The number of anilines is 1. The summed E-state index contributed by atoms with van der Waals surface area (Å²) in [5.41, 5.74) is 0.456. The average Bonchev–Trinajstić information content (AvgIpc) is 2.98. The second-order valence-corrected chi connectivity index (χ2v) is 6.66. The lowest BCUT2D eigenvalue weighted by Crippen LogP contribution is -2.31. The lowest BCUT2D eigenvalue weighted by atomic mass is 10.1. The number of halogens is 2. The Morgan fingerprint density at radius 1 is 1.33 bits per heavy atom. The lowest BCUT2D eigenvalue weighted by molar-refractivity contribution is 0.0697. The van der Waals surface area contributed by atoms with E-state index in [0.717, 1.165) is 6.42 Å². The van der Waals surface area contributed by atoms with Crippen LogP contribution in [0, 0.1) is 11.3 Å². The summed E-state index contributed by atoms with van der Waals surface area (Å²) in [4.78, 5) is 22.7. The molecule has 0 radical (unpaired) electrons. The van der Waals surface area contributed by atoms with Crippen LogP contribution in [-0.2, 0) is 0 Å². The summed E-state index contributed by atoms with van der Waals surface area (Å²) < 4.78 is 0. The van der Waals surface area contributed by atoms with Crippen LogP contribution in [0.3, 0.4) is 0 Å². The minimum Gasteiger partial charge on any atom is -0.478 e. The third-order valence-electron chi connectivity index (χ3n) is 3.75. The summed E-state index contributed by atoms with van der Waals surface area (Å²) in [6.45, 7) is 4.88. The molecule has 0 aromatic heterocycles. The fourth-order valence-electron chi connectivity index (χ4n) is 2.11. The van der Waals surface area contributed by atoms with Gasteiger partial charge in [0.15, 0.2) is 0 Å². The van der Waals surface area contributed by atoms with Crippen LogP contribution in [-0.4, -0.2) is 23.7 Å². The molecule has 1 aromatic carbocycles. The third-order valence-corrected chi connectivity index (χ3v) is 4.35. The van der Waals surface area contributed by atoms with E-state index in [0.29, 0.717) is 12.5 Å². The molecule has 0 saturated heterocycles. The second-order valence-electron chi connectivity index (χ2n) is 5.84. The van der Waals surface area contributed by atoms with Gasteiger partial charge in [0.05, 0.1) is 21.3 Å². The lowest BCUT2D eigenvalue weighted by Gasteiger charge is -2.12. The normalized spacial score (nSPS) is 19.0. The first-order chi connectivity index (χ1) is 9.70. The average molecular weight is 331 g/mol. The highest BCUT2D eigenvalue weighted by Crippen LogP contribution is 2.50. The third kappa shape index (κ3) is 3.80. The molecular formula is C14H16Cl2N2O3. The standard InChI is InChI=1S/C14H16Cl2N2O3/c1-14(2)5-8(14)6-17-13(21)18-11-9(15)3-7(12(19)20)4-10(11)16/h3-4,8H,5-6H2,1-2H3,(H,19,20)(H2,17,18,21). The maximum absolute atomic E-state index is 11.8. The highest BCUT2D eigenvalue weighted by atomic mass is 35.5. The monoisotopic (exact) mass is 330 g/mol. The van der Waals surface area contributed by atoms with Gasteiger partial charge in [-0.05, 0) is 29.9 Å². The molecule has 2 rings (SSSR count). The van der Waals surface area contributed by atoms with Gasteiger partial charge in [0, 0.05) is 6.54 Å². The molecule has 1 saturated carbocycles. The zero-order chi connectivity index (χ0) is 15.8. The van der Waals surface area contributed by atoms with Gasteiger partial charge in [0.25, 0.3) is 0 Å².